The second-order valence-corrected chi connectivity index (χ2v) is 5.60. The van der Waals surface area contributed by atoms with Crippen molar-refractivity contribution in [3.63, 3.8) is 0 Å². The molecule has 17 heavy (non-hydrogen) atoms. The van der Waals surface area contributed by atoms with Gasteiger partial charge in [-0.1, -0.05) is 25.0 Å². The van der Waals surface area contributed by atoms with E-state index in [0.29, 0.717) is 5.92 Å². The standard InChI is InChI=1S/C15H21ClO/c1-10-8-13(9-11(2)15(10)17-3)14(16)12-6-4-5-7-12/h8-9,12,14H,4-7H2,1-3H3. The molecule has 1 nitrogen and oxygen atoms in total. The van der Waals surface area contributed by atoms with Gasteiger partial charge in [-0.2, -0.15) is 0 Å². The Morgan fingerprint density at radius 2 is 1.71 bits per heavy atom. The summed E-state index contributed by atoms with van der Waals surface area (Å²) in [5.41, 5.74) is 3.63. The van der Waals surface area contributed by atoms with Gasteiger partial charge in [0.05, 0.1) is 12.5 Å². The third kappa shape index (κ3) is 2.60. The van der Waals surface area contributed by atoms with Crippen LogP contribution in [-0.2, 0) is 0 Å². The van der Waals surface area contributed by atoms with Crippen LogP contribution >= 0.6 is 11.6 Å². The number of aryl methyl sites for hydroxylation is 2. The molecule has 0 amide bonds. The minimum Gasteiger partial charge on any atom is -0.496 e. The monoisotopic (exact) mass is 252 g/mol. The van der Waals surface area contributed by atoms with Gasteiger partial charge in [0.25, 0.3) is 0 Å². The summed E-state index contributed by atoms with van der Waals surface area (Å²) in [7, 11) is 1.73. The maximum Gasteiger partial charge on any atom is 0.124 e. The number of hydrogen-bond donors (Lipinski definition) is 0. The molecule has 0 saturated heterocycles. The Bertz CT molecular complexity index is 371. The van der Waals surface area contributed by atoms with E-state index in [-0.39, 0.29) is 5.38 Å². The summed E-state index contributed by atoms with van der Waals surface area (Å²) in [5, 5.41) is 0.167. The van der Waals surface area contributed by atoms with Crippen molar-refractivity contribution in [3.8, 4) is 5.75 Å². The topological polar surface area (TPSA) is 9.23 Å². The number of benzene rings is 1. The van der Waals surface area contributed by atoms with Gasteiger partial charge < -0.3 is 4.74 Å². The second kappa shape index (κ2) is 5.30. The molecule has 0 aromatic heterocycles. The van der Waals surface area contributed by atoms with Crippen molar-refractivity contribution in [3.05, 3.63) is 28.8 Å². The molecule has 1 aromatic rings. The third-order valence-electron chi connectivity index (χ3n) is 3.82. The van der Waals surface area contributed by atoms with Crippen molar-refractivity contribution in [2.75, 3.05) is 7.11 Å². The highest BCUT2D eigenvalue weighted by Gasteiger charge is 2.25. The van der Waals surface area contributed by atoms with E-state index >= 15 is 0 Å². The first-order chi connectivity index (χ1) is 8.13. The quantitative estimate of drug-likeness (QED) is 0.704. The van der Waals surface area contributed by atoms with Crippen molar-refractivity contribution >= 4 is 11.6 Å². The zero-order valence-corrected chi connectivity index (χ0v) is 11.7. The number of ether oxygens (including phenoxy) is 1. The Kier molecular flexibility index (Phi) is 3.98. The van der Waals surface area contributed by atoms with E-state index in [1.54, 1.807) is 7.11 Å². The van der Waals surface area contributed by atoms with Crippen LogP contribution in [0.15, 0.2) is 12.1 Å². The first-order valence-electron chi connectivity index (χ1n) is 6.42. The summed E-state index contributed by atoms with van der Waals surface area (Å²) >= 11 is 6.61. The Morgan fingerprint density at radius 1 is 1.18 bits per heavy atom. The molecular weight excluding hydrogens is 232 g/mol. The molecule has 94 valence electrons. The summed E-state index contributed by atoms with van der Waals surface area (Å²) in [5.74, 6) is 1.65. The molecule has 1 atom stereocenters. The highest BCUT2D eigenvalue weighted by molar-refractivity contribution is 6.21. The smallest absolute Gasteiger partial charge is 0.124 e. The maximum atomic E-state index is 6.61. The van der Waals surface area contributed by atoms with E-state index in [1.807, 2.05) is 0 Å². The largest absolute Gasteiger partial charge is 0.496 e. The molecule has 0 N–H and O–H groups in total. The molecule has 0 aliphatic heterocycles. The van der Waals surface area contributed by atoms with E-state index in [1.165, 1.54) is 42.4 Å². The van der Waals surface area contributed by atoms with Crippen molar-refractivity contribution in [1.82, 2.24) is 0 Å². The van der Waals surface area contributed by atoms with Crippen molar-refractivity contribution < 1.29 is 4.74 Å². The number of alkyl halides is 1. The highest BCUT2D eigenvalue weighted by atomic mass is 35.5. The normalized spacial score (nSPS) is 18.4. The predicted octanol–water partition coefficient (Wildman–Crippen LogP) is 4.78. The number of methoxy groups -OCH3 is 1. The van der Waals surface area contributed by atoms with Gasteiger partial charge in [0.2, 0.25) is 0 Å². The van der Waals surface area contributed by atoms with E-state index < -0.39 is 0 Å². The molecule has 2 rings (SSSR count). The SMILES string of the molecule is COc1c(C)cc(C(Cl)C2CCCC2)cc1C. The first-order valence-corrected chi connectivity index (χ1v) is 6.86. The minimum absolute atomic E-state index is 0.167. The Balaban J connectivity index is 2.26. The Labute approximate surface area is 109 Å². The average Bonchev–Trinajstić information content (AvgIpc) is 2.81. The molecule has 0 heterocycles. The number of rotatable bonds is 3. The van der Waals surface area contributed by atoms with Crippen molar-refractivity contribution in [2.45, 2.75) is 44.9 Å². The Hall–Kier alpha value is -0.690. The lowest BCUT2D eigenvalue weighted by Crippen LogP contribution is -2.05. The first kappa shape index (κ1) is 12.8. The van der Waals surface area contributed by atoms with Crippen LogP contribution in [0.1, 0.15) is 47.8 Å². The summed E-state index contributed by atoms with van der Waals surface area (Å²) in [6, 6.07) is 4.36. The molecule has 2 heteroatoms. The van der Waals surface area contributed by atoms with E-state index in [4.69, 9.17) is 16.3 Å². The molecule has 1 aliphatic carbocycles. The molecule has 1 fully saturated rings. The average molecular weight is 253 g/mol. The van der Waals surface area contributed by atoms with Crippen molar-refractivity contribution in [2.24, 2.45) is 5.92 Å². The summed E-state index contributed by atoms with van der Waals surface area (Å²) in [4.78, 5) is 0. The van der Waals surface area contributed by atoms with E-state index in [9.17, 15) is 0 Å². The fraction of sp³-hybridized carbons (Fsp3) is 0.600. The zero-order chi connectivity index (χ0) is 12.4. The molecular formula is C15H21ClO. The predicted molar refractivity (Wildman–Crippen MR) is 73.0 cm³/mol. The molecule has 1 aliphatic rings. The number of hydrogen-bond acceptors (Lipinski definition) is 1. The molecule has 1 aromatic carbocycles. The van der Waals surface area contributed by atoms with Crippen LogP contribution in [0.25, 0.3) is 0 Å². The van der Waals surface area contributed by atoms with Gasteiger partial charge in [0.15, 0.2) is 0 Å². The lowest BCUT2D eigenvalue weighted by molar-refractivity contribution is 0.408. The summed E-state index contributed by atoms with van der Waals surface area (Å²) in [6.45, 7) is 4.18. The molecule has 1 unspecified atom stereocenters. The van der Waals surface area contributed by atoms with Gasteiger partial charge in [-0.05, 0) is 49.3 Å². The fourth-order valence-corrected chi connectivity index (χ4v) is 3.37. The fourth-order valence-electron chi connectivity index (χ4n) is 2.99. The molecule has 1 saturated carbocycles. The Morgan fingerprint density at radius 3 is 2.18 bits per heavy atom. The van der Waals surface area contributed by atoms with Gasteiger partial charge >= 0.3 is 0 Å². The van der Waals surface area contributed by atoms with Gasteiger partial charge in [0.1, 0.15) is 5.75 Å². The van der Waals surface area contributed by atoms with Crippen LogP contribution in [0.3, 0.4) is 0 Å². The highest BCUT2D eigenvalue weighted by Crippen LogP contribution is 2.41. The zero-order valence-electron chi connectivity index (χ0n) is 10.9. The maximum absolute atomic E-state index is 6.61. The van der Waals surface area contributed by atoms with E-state index in [2.05, 4.69) is 26.0 Å². The molecule has 0 bridgehead atoms. The van der Waals surface area contributed by atoms with Gasteiger partial charge in [-0.15, -0.1) is 11.6 Å². The van der Waals surface area contributed by atoms with Crippen LogP contribution in [0, 0.1) is 19.8 Å². The lowest BCUT2D eigenvalue weighted by Gasteiger charge is -2.19. The van der Waals surface area contributed by atoms with Gasteiger partial charge in [0, 0.05) is 0 Å². The minimum atomic E-state index is 0.167. The second-order valence-electron chi connectivity index (χ2n) is 5.13. The van der Waals surface area contributed by atoms with E-state index in [0.717, 1.165) is 5.75 Å². The van der Waals surface area contributed by atoms with Crippen LogP contribution in [0.5, 0.6) is 5.75 Å². The lowest BCUT2D eigenvalue weighted by atomic mass is 9.94. The van der Waals surface area contributed by atoms with Gasteiger partial charge in [-0.25, -0.2) is 0 Å². The van der Waals surface area contributed by atoms with Gasteiger partial charge in [-0.3, -0.25) is 0 Å². The van der Waals surface area contributed by atoms with Crippen molar-refractivity contribution in [1.29, 1.82) is 0 Å². The molecule has 0 spiro atoms. The summed E-state index contributed by atoms with van der Waals surface area (Å²) < 4.78 is 5.39. The van der Waals surface area contributed by atoms with Crippen LogP contribution in [0.4, 0.5) is 0 Å². The summed E-state index contributed by atoms with van der Waals surface area (Å²) in [6.07, 6.45) is 5.22. The van der Waals surface area contributed by atoms with Crippen LogP contribution < -0.4 is 4.74 Å². The molecule has 0 radical (unpaired) electrons. The number of halogens is 1. The third-order valence-corrected chi connectivity index (χ3v) is 4.43. The van der Waals surface area contributed by atoms with Crippen LogP contribution in [0.2, 0.25) is 0 Å². The van der Waals surface area contributed by atoms with Crippen LogP contribution in [-0.4, -0.2) is 7.11 Å².